The van der Waals surface area contributed by atoms with Crippen LogP contribution in [0.25, 0.3) is 0 Å². The normalized spacial score (nSPS) is 13.3. The molecule has 0 aliphatic carbocycles. The molecule has 0 aliphatic heterocycles. The summed E-state index contributed by atoms with van der Waals surface area (Å²) in [6, 6.07) is 11.9. The zero-order chi connectivity index (χ0) is 28.0. The first-order valence-electron chi connectivity index (χ1n) is 11.7. The molecule has 0 aliphatic rings. The highest BCUT2D eigenvalue weighted by molar-refractivity contribution is 5.66. The fraction of sp³-hybridized carbons (Fsp3) is 0.321. The summed E-state index contributed by atoms with van der Waals surface area (Å²) in [5.41, 5.74) is 1.57. The predicted molar refractivity (Wildman–Crippen MR) is 137 cm³/mol. The Morgan fingerprint density at radius 2 is 1.32 bits per heavy atom. The van der Waals surface area contributed by atoms with Crippen molar-refractivity contribution in [2.24, 2.45) is 5.92 Å². The summed E-state index contributed by atoms with van der Waals surface area (Å²) in [5, 5.41) is 51.9. The molecule has 0 aromatic heterocycles. The number of aliphatic hydroxyl groups is 1. The van der Waals surface area contributed by atoms with Crippen LogP contribution < -0.4 is 14.2 Å². The van der Waals surface area contributed by atoms with Gasteiger partial charge in [0.2, 0.25) is 5.75 Å². The summed E-state index contributed by atoms with van der Waals surface area (Å²) in [7, 11) is 4.18. The molecule has 3 unspecified atom stereocenters. The molecule has 0 fully saturated rings. The standard InChI is InChI=1S/C28H32O10/c1-15(30)38-14-22(17-7-19(31)12-20(32)8-17)21(13-29)27(16-5-6-23(33)24(9-16)35-2)18-10-25(36-3)28(34)26(11-18)37-4/h5-12,21-22,27,29,31-34H,13-14H2,1-4H3. The smallest absolute Gasteiger partial charge is 0.302 e. The van der Waals surface area contributed by atoms with Gasteiger partial charge in [-0.2, -0.15) is 0 Å². The Hall–Kier alpha value is -4.31. The number of carbonyl (C=O) groups is 1. The van der Waals surface area contributed by atoms with Gasteiger partial charge in [0.25, 0.3) is 0 Å². The molecule has 38 heavy (non-hydrogen) atoms. The van der Waals surface area contributed by atoms with Gasteiger partial charge >= 0.3 is 5.97 Å². The zero-order valence-electron chi connectivity index (χ0n) is 21.5. The Labute approximate surface area is 220 Å². The summed E-state index contributed by atoms with van der Waals surface area (Å²) in [5.74, 6) is -2.97. The van der Waals surface area contributed by atoms with E-state index in [0.29, 0.717) is 16.7 Å². The third kappa shape index (κ3) is 6.15. The number of rotatable bonds is 11. The Morgan fingerprint density at radius 1 is 0.763 bits per heavy atom. The molecule has 0 heterocycles. The third-order valence-electron chi connectivity index (χ3n) is 6.40. The number of hydrogen-bond donors (Lipinski definition) is 5. The fourth-order valence-electron chi connectivity index (χ4n) is 4.64. The minimum Gasteiger partial charge on any atom is -0.508 e. The number of aliphatic hydroxyl groups excluding tert-OH is 1. The average Bonchev–Trinajstić information content (AvgIpc) is 2.88. The van der Waals surface area contributed by atoms with Crippen molar-refractivity contribution in [3.05, 3.63) is 65.2 Å². The van der Waals surface area contributed by atoms with Gasteiger partial charge in [-0.1, -0.05) is 6.07 Å². The van der Waals surface area contributed by atoms with E-state index in [2.05, 4.69) is 0 Å². The van der Waals surface area contributed by atoms with Gasteiger partial charge < -0.3 is 44.5 Å². The van der Waals surface area contributed by atoms with E-state index >= 15 is 0 Å². The van der Waals surface area contributed by atoms with Crippen LogP contribution in [-0.2, 0) is 9.53 Å². The Balaban J connectivity index is 2.31. The van der Waals surface area contributed by atoms with Gasteiger partial charge in [0, 0.05) is 37.4 Å². The number of hydrogen-bond acceptors (Lipinski definition) is 10. The van der Waals surface area contributed by atoms with Crippen molar-refractivity contribution in [1.29, 1.82) is 0 Å². The Bertz CT molecular complexity index is 1230. The third-order valence-corrected chi connectivity index (χ3v) is 6.40. The highest BCUT2D eigenvalue weighted by Crippen LogP contribution is 2.47. The first kappa shape index (κ1) is 28.3. The number of methoxy groups -OCH3 is 3. The Kier molecular flexibility index (Phi) is 9.14. The lowest BCUT2D eigenvalue weighted by Gasteiger charge is -2.34. The molecule has 3 aromatic rings. The van der Waals surface area contributed by atoms with Gasteiger partial charge in [-0.3, -0.25) is 4.79 Å². The van der Waals surface area contributed by atoms with Crippen LogP contribution in [0, 0.1) is 5.92 Å². The summed E-state index contributed by atoms with van der Waals surface area (Å²) in [6.07, 6.45) is 0. The molecule has 0 amide bonds. The fourth-order valence-corrected chi connectivity index (χ4v) is 4.64. The van der Waals surface area contributed by atoms with E-state index in [1.165, 1.54) is 52.5 Å². The Morgan fingerprint density at radius 3 is 1.82 bits per heavy atom. The van der Waals surface area contributed by atoms with E-state index < -0.39 is 30.3 Å². The average molecular weight is 529 g/mol. The van der Waals surface area contributed by atoms with Crippen LogP contribution >= 0.6 is 0 Å². The van der Waals surface area contributed by atoms with Crippen LogP contribution in [0.4, 0.5) is 0 Å². The number of phenols is 4. The molecular formula is C28H32O10. The van der Waals surface area contributed by atoms with E-state index in [4.69, 9.17) is 18.9 Å². The summed E-state index contributed by atoms with van der Waals surface area (Å²) in [6.45, 7) is 0.645. The zero-order valence-corrected chi connectivity index (χ0v) is 21.5. The molecule has 10 heteroatoms. The number of carbonyl (C=O) groups excluding carboxylic acids is 1. The number of ether oxygens (including phenoxy) is 4. The van der Waals surface area contributed by atoms with Crippen molar-refractivity contribution in [2.75, 3.05) is 34.5 Å². The second kappa shape index (κ2) is 12.3. The second-order valence-corrected chi connectivity index (χ2v) is 8.72. The van der Waals surface area contributed by atoms with Crippen molar-refractivity contribution < 1.29 is 49.3 Å². The minimum atomic E-state index is -0.733. The van der Waals surface area contributed by atoms with Crippen LogP contribution in [0.1, 0.15) is 35.4 Å². The maximum atomic E-state index is 11.8. The lowest BCUT2D eigenvalue weighted by Crippen LogP contribution is -2.29. The largest absolute Gasteiger partial charge is 0.508 e. The number of aromatic hydroxyl groups is 4. The van der Waals surface area contributed by atoms with Gasteiger partial charge in [-0.25, -0.2) is 0 Å². The molecule has 0 saturated carbocycles. The van der Waals surface area contributed by atoms with E-state index in [-0.39, 0.29) is 46.9 Å². The number of benzene rings is 3. The minimum absolute atomic E-state index is 0.0919. The molecular weight excluding hydrogens is 496 g/mol. The van der Waals surface area contributed by atoms with Gasteiger partial charge in [-0.05, 0) is 53.1 Å². The molecule has 5 N–H and O–H groups in total. The topological polar surface area (TPSA) is 155 Å². The van der Waals surface area contributed by atoms with Crippen LogP contribution in [0.15, 0.2) is 48.5 Å². The molecule has 3 rings (SSSR count). The number of phenolic OH excluding ortho intramolecular Hbond substituents is 4. The lowest BCUT2D eigenvalue weighted by molar-refractivity contribution is -0.142. The second-order valence-electron chi connectivity index (χ2n) is 8.72. The first-order chi connectivity index (χ1) is 18.1. The maximum Gasteiger partial charge on any atom is 0.302 e. The quantitative estimate of drug-likeness (QED) is 0.233. The highest BCUT2D eigenvalue weighted by Gasteiger charge is 2.35. The molecule has 0 saturated heterocycles. The van der Waals surface area contributed by atoms with Crippen molar-refractivity contribution >= 4 is 5.97 Å². The SMILES string of the molecule is COc1cc(C(c2cc(OC)c(O)c(OC)c2)C(CO)C(COC(C)=O)c2cc(O)cc(O)c2)ccc1O. The lowest BCUT2D eigenvalue weighted by atomic mass is 9.72. The maximum absolute atomic E-state index is 11.8. The van der Waals surface area contributed by atoms with E-state index in [9.17, 15) is 30.3 Å². The van der Waals surface area contributed by atoms with Gasteiger partial charge in [0.05, 0.1) is 27.9 Å². The van der Waals surface area contributed by atoms with Crippen molar-refractivity contribution in [3.63, 3.8) is 0 Å². The van der Waals surface area contributed by atoms with Crippen LogP contribution in [0.5, 0.6) is 40.2 Å². The molecule has 3 aromatic carbocycles. The van der Waals surface area contributed by atoms with Crippen molar-refractivity contribution in [2.45, 2.75) is 18.8 Å². The molecule has 3 atom stereocenters. The molecule has 0 bridgehead atoms. The van der Waals surface area contributed by atoms with Gasteiger partial charge in [0.15, 0.2) is 23.0 Å². The van der Waals surface area contributed by atoms with Crippen molar-refractivity contribution in [1.82, 2.24) is 0 Å². The van der Waals surface area contributed by atoms with Crippen LogP contribution in [-0.4, -0.2) is 66.0 Å². The summed E-state index contributed by atoms with van der Waals surface area (Å²) < 4.78 is 21.4. The highest BCUT2D eigenvalue weighted by atomic mass is 16.5. The van der Waals surface area contributed by atoms with E-state index in [1.807, 2.05) is 0 Å². The van der Waals surface area contributed by atoms with Crippen LogP contribution in [0.2, 0.25) is 0 Å². The monoisotopic (exact) mass is 528 g/mol. The molecule has 0 radical (unpaired) electrons. The van der Waals surface area contributed by atoms with Crippen LogP contribution in [0.3, 0.4) is 0 Å². The van der Waals surface area contributed by atoms with E-state index in [0.717, 1.165) is 0 Å². The first-order valence-corrected chi connectivity index (χ1v) is 11.7. The van der Waals surface area contributed by atoms with Gasteiger partial charge in [-0.15, -0.1) is 0 Å². The van der Waals surface area contributed by atoms with E-state index in [1.54, 1.807) is 24.3 Å². The molecule has 10 nitrogen and oxygen atoms in total. The summed E-state index contributed by atoms with van der Waals surface area (Å²) >= 11 is 0. The van der Waals surface area contributed by atoms with Gasteiger partial charge in [0.1, 0.15) is 11.5 Å². The predicted octanol–water partition coefficient (Wildman–Crippen LogP) is 3.62. The molecule has 0 spiro atoms. The summed E-state index contributed by atoms with van der Waals surface area (Å²) in [4.78, 5) is 11.8. The molecule has 204 valence electrons. The number of esters is 1. The van der Waals surface area contributed by atoms with Crippen molar-refractivity contribution in [3.8, 4) is 40.2 Å².